The summed E-state index contributed by atoms with van der Waals surface area (Å²) in [4.78, 5) is -0.135. The van der Waals surface area contributed by atoms with Crippen LogP contribution in [0.1, 0.15) is 26.7 Å². The van der Waals surface area contributed by atoms with Gasteiger partial charge in [0.1, 0.15) is 0 Å². The minimum absolute atomic E-state index is 0.0677. The number of benzene rings is 2. The topological polar surface area (TPSA) is 68.3 Å². The number of sulfone groups is 2. The molecule has 0 heterocycles. The van der Waals surface area contributed by atoms with E-state index in [-0.39, 0.29) is 16.2 Å². The summed E-state index contributed by atoms with van der Waals surface area (Å²) in [6.07, 6.45) is 6.40. The van der Waals surface area contributed by atoms with Gasteiger partial charge in [0.05, 0.1) is 9.79 Å². The van der Waals surface area contributed by atoms with E-state index in [1.54, 1.807) is 56.3 Å². The molecule has 27 heavy (non-hydrogen) atoms. The van der Waals surface area contributed by atoms with Crippen molar-refractivity contribution in [3.63, 3.8) is 0 Å². The smallest absolute Gasteiger partial charge is 0.200 e. The zero-order chi connectivity index (χ0) is 20.1. The Morgan fingerprint density at radius 3 is 1.63 bits per heavy atom. The fourth-order valence-electron chi connectivity index (χ4n) is 2.77. The second-order valence-electron chi connectivity index (χ2n) is 6.41. The molecule has 0 N–H and O–H groups in total. The molecule has 0 atom stereocenters. The maximum absolute atomic E-state index is 13.6. The summed E-state index contributed by atoms with van der Waals surface area (Å²) in [5.74, 6) is 2.30. The molecular formula is C21H22O4S2. The first kappa shape index (κ1) is 20.9. The lowest BCUT2D eigenvalue weighted by Crippen LogP contribution is -2.46. The van der Waals surface area contributed by atoms with Crippen molar-refractivity contribution in [3.05, 3.63) is 72.3 Å². The SMILES string of the molecule is C#CCC(CC=C(C)C)(S(=O)(=O)c1ccccc1)S(=O)(=O)c1ccccc1. The molecule has 0 aliphatic carbocycles. The number of terminal acetylenes is 1. The predicted octanol–water partition coefficient (Wildman–Crippen LogP) is 4.01. The zero-order valence-electron chi connectivity index (χ0n) is 15.3. The quantitative estimate of drug-likeness (QED) is 0.518. The second kappa shape index (κ2) is 8.12. The van der Waals surface area contributed by atoms with Crippen molar-refractivity contribution in [2.75, 3.05) is 0 Å². The minimum atomic E-state index is -4.30. The highest BCUT2D eigenvalue weighted by Gasteiger charge is 2.55. The first-order valence-electron chi connectivity index (χ1n) is 8.35. The number of hydrogen-bond donors (Lipinski definition) is 0. The molecule has 0 radical (unpaired) electrons. The van der Waals surface area contributed by atoms with Crippen LogP contribution in [0.2, 0.25) is 0 Å². The van der Waals surface area contributed by atoms with Crippen LogP contribution < -0.4 is 0 Å². The number of rotatable bonds is 7. The molecule has 0 saturated heterocycles. The molecule has 0 unspecified atom stereocenters. The van der Waals surface area contributed by atoms with Gasteiger partial charge in [-0.25, -0.2) is 16.8 Å². The molecule has 2 aromatic carbocycles. The summed E-state index contributed by atoms with van der Waals surface area (Å²) >= 11 is 0. The lowest BCUT2D eigenvalue weighted by molar-refractivity contribution is 0.538. The molecule has 0 aromatic heterocycles. The average molecular weight is 403 g/mol. The van der Waals surface area contributed by atoms with E-state index in [9.17, 15) is 16.8 Å². The lowest BCUT2D eigenvalue weighted by Gasteiger charge is -2.31. The van der Waals surface area contributed by atoms with E-state index in [4.69, 9.17) is 6.42 Å². The zero-order valence-corrected chi connectivity index (χ0v) is 16.9. The van der Waals surface area contributed by atoms with Crippen molar-refractivity contribution in [1.29, 1.82) is 0 Å². The summed E-state index contributed by atoms with van der Waals surface area (Å²) in [5, 5.41) is 0. The average Bonchev–Trinajstić information content (AvgIpc) is 2.66. The third-order valence-electron chi connectivity index (χ3n) is 4.28. The summed E-state index contributed by atoms with van der Waals surface area (Å²) in [6.45, 7) is 3.57. The largest absolute Gasteiger partial charge is 0.222 e. The van der Waals surface area contributed by atoms with Crippen LogP contribution in [-0.2, 0) is 19.7 Å². The van der Waals surface area contributed by atoms with Gasteiger partial charge in [-0.3, -0.25) is 0 Å². The Morgan fingerprint density at radius 1 is 0.889 bits per heavy atom. The Labute approximate surface area is 161 Å². The first-order chi connectivity index (χ1) is 12.7. The van der Waals surface area contributed by atoms with Crippen molar-refractivity contribution in [2.45, 2.75) is 40.6 Å². The van der Waals surface area contributed by atoms with Crippen LogP contribution in [0.5, 0.6) is 0 Å². The van der Waals surface area contributed by atoms with Gasteiger partial charge in [0.2, 0.25) is 0 Å². The molecule has 0 aliphatic rings. The van der Waals surface area contributed by atoms with Gasteiger partial charge in [0.15, 0.2) is 23.8 Å². The second-order valence-corrected chi connectivity index (χ2v) is 11.2. The molecule has 0 saturated carbocycles. The number of allylic oxidation sites excluding steroid dienone is 2. The molecule has 2 rings (SSSR count). The van der Waals surface area contributed by atoms with E-state index in [0.29, 0.717) is 0 Å². The van der Waals surface area contributed by atoms with Crippen LogP contribution in [0.4, 0.5) is 0 Å². The molecule has 0 fully saturated rings. The van der Waals surface area contributed by atoms with Gasteiger partial charge in [-0.1, -0.05) is 48.0 Å². The maximum atomic E-state index is 13.6. The monoisotopic (exact) mass is 402 g/mol. The standard InChI is InChI=1S/C21H22O4S2/c1-4-16-21(17-15-18(2)3,26(22,23)19-11-7-5-8-12-19)27(24,25)20-13-9-6-10-14-20/h1,5-15H,16-17H2,2-3H3. The fourth-order valence-corrected chi connectivity index (χ4v) is 7.55. The van der Waals surface area contributed by atoms with Crippen molar-refractivity contribution in [1.82, 2.24) is 0 Å². The van der Waals surface area contributed by atoms with Gasteiger partial charge in [-0.2, -0.15) is 0 Å². The van der Waals surface area contributed by atoms with Gasteiger partial charge in [0, 0.05) is 12.8 Å². The Bertz CT molecular complexity index is 987. The van der Waals surface area contributed by atoms with Crippen molar-refractivity contribution >= 4 is 19.7 Å². The molecule has 6 heteroatoms. The summed E-state index contributed by atoms with van der Waals surface area (Å²) < 4.78 is 52.1. The van der Waals surface area contributed by atoms with Gasteiger partial charge in [0.25, 0.3) is 0 Å². The third kappa shape index (κ3) is 3.85. The van der Waals surface area contributed by atoms with Gasteiger partial charge in [-0.15, -0.1) is 12.3 Å². The van der Waals surface area contributed by atoms with Crippen LogP contribution in [0.25, 0.3) is 0 Å². The highest BCUT2D eigenvalue weighted by molar-refractivity contribution is 8.10. The van der Waals surface area contributed by atoms with E-state index in [1.165, 1.54) is 24.3 Å². The maximum Gasteiger partial charge on any atom is 0.200 e. The van der Waals surface area contributed by atoms with Gasteiger partial charge in [-0.05, 0) is 38.1 Å². The van der Waals surface area contributed by atoms with Gasteiger partial charge < -0.3 is 0 Å². The summed E-state index contributed by atoms with van der Waals surface area (Å²) in [7, 11) is -8.60. The van der Waals surface area contributed by atoms with E-state index in [0.717, 1.165) is 5.57 Å². The summed E-state index contributed by atoms with van der Waals surface area (Å²) in [5.41, 5.74) is 0.808. The molecule has 0 bridgehead atoms. The van der Waals surface area contributed by atoms with Crippen molar-refractivity contribution in [2.24, 2.45) is 0 Å². The molecule has 0 spiro atoms. The highest BCUT2D eigenvalue weighted by Crippen LogP contribution is 2.41. The van der Waals surface area contributed by atoms with E-state index in [1.807, 2.05) is 0 Å². The molecular weight excluding hydrogens is 380 g/mol. The Balaban J connectivity index is 2.87. The van der Waals surface area contributed by atoms with Gasteiger partial charge >= 0.3 is 0 Å². The van der Waals surface area contributed by atoms with Crippen molar-refractivity contribution in [3.8, 4) is 12.3 Å². The van der Waals surface area contributed by atoms with E-state index < -0.39 is 30.2 Å². The first-order valence-corrected chi connectivity index (χ1v) is 11.3. The van der Waals surface area contributed by atoms with E-state index >= 15 is 0 Å². The Hall–Kier alpha value is -2.36. The normalized spacial score (nSPS) is 12.2. The molecule has 0 aliphatic heterocycles. The summed E-state index contributed by atoms with van der Waals surface area (Å²) in [6, 6.07) is 15.1. The Morgan fingerprint density at radius 2 is 1.30 bits per heavy atom. The third-order valence-corrected chi connectivity index (χ3v) is 9.96. The van der Waals surface area contributed by atoms with Crippen LogP contribution in [-0.4, -0.2) is 20.9 Å². The lowest BCUT2D eigenvalue weighted by atomic mass is 10.2. The van der Waals surface area contributed by atoms with Crippen LogP contribution >= 0.6 is 0 Å². The molecule has 0 amide bonds. The van der Waals surface area contributed by atoms with Crippen molar-refractivity contribution < 1.29 is 16.8 Å². The Kier molecular flexibility index (Phi) is 6.30. The van der Waals surface area contributed by atoms with Crippen LogP contribution in [0, 0.1) is 12.3 Å². The fraction of sp³-hybridized carbons (Fsp3) is 0.238. The molecule has 4 nitrogen and oxygen atoms in total. The van der Waals surface area contributed by atoms with Crippen LogP contribution in [0.3, 0.4) is 0 Å². The van der Waals surface area contributed by atoms with Crippen LogP contribution in [0.15, 0.2) is 82.1 Å². The molecule has 2 aromatic rings. The number of hydrogen-bond acceptors (Lipinski definition) is 4. The minimum Gasteiger partial charge on any atom is -0.222 e. The molecule has 142 valence electrons. The van der Waals surface area contributed by atoms with E-state index in [2.05, 4.69) is 5.92 Å². The predicted molar refractivity (Wildman–Crippen MR) is 107 cm³/mol. The highest BCUT2D eigenvalue weighted by atomic mass is 32.3.